The summed E-state index contributed by atoms with van der Waals surface area (Å²) in [4.78, 5) is 14.3. The van der Waals surface area contributed by atoms with Crippen molar-refractivity contribution in [2.45, 2.75) is 38.6 Å². The molecule has 0 aromatic heterocycles. The zero-order valence-corrected chi connectivity index (χ0v) is 10.6. The Kier molecular flexibility index (Phi) is 3.39. The summed E-state index contributed by atoms with van der Waals surface area (Å²) < 4.78 is 5.04. The summed E-state index contributed by atoms with van der Waals surface area (Å²) in [5.41, 5.74) is -0.726. The maximum atomic E-state index is 12.5. The fraction of sp³-hybridized carbons (Fsp3) is 0.846. The van der Waals surface area contributed by atoms with Crippen LogP contribution in [0, 0.1) is 22.7 Å². The largest absolute Gasteiger partial charge is 0.383 e. The molecule has 0 radical (unpaired) electrons. The number of amides is 1. The van der Waals surface area contributed by atoms with Gasteiger partial charge >= 0.3 is 0 Å². The number of ether oxygens (including phenoxy) is 1. The number of nitriles is 1. The minimum Gasteiger partial charge on any atom is -0.383 e. The monoisotopic (exact) mass is 236 g/mol. The molecule has 0 heterocycles. The van der Waals surface area contributed by atoms with Crippen molar-refractivity contribution in [3.8, 4) is 6.07 Å². The van der Waals surface area contributed by atoms with Gasteiger partial charge in [-0.05, 0) is 31.6 Å². The van der Waals surface area contributed by atoms with Crippen LogP contribution in [-0.2, 0) is 9.53 Å². The summed E-state index contributed by atoms with van der Waals surface area (Å²) in [6, 6.07) is 2.61. The van der Waals surface area contributed by atoms with Gasteiger partial charge in [0.15, 0.2) is 0 Å². The summed E-state index contributed by atoms with van der Waals surface area (Å²) in [5, 5.41) is 9.27. The lowest BCUT2D eigenvalue weighted by molar-refractivity contribution is -0.146. The Balaban J connectivity index is 2.03. The van der Waals surface area contributed by atoms with E-state index in [1.165, 1.54) is 0 Å². The third-order valence-corrected chi connectivity index (χ3v) is 3.80. The minimum atomic E-state index is -0.726. The molecule has 1 amide bonds. The van der Waals surface area contributed by atoms with Crippen LogP contribution in [0.5, 0.6) is 0 Å². The summed E-state index contributed by atoms with van der Waals surface area (Å²) in [6.07, 6.45) is 3.59. The highest BCUT2D eigenvalue weighted by atomic mass is 16.5. The van der Waals surface area contributed by atoms with Gasteiger partial charge in [-0.2, -0.15) is 5.26 Å². The van der Waals surface area contributed by atoms with E-state index < -0.39 is 5.41 Å². The van der Waals surface area contributed by atoms with Crippen molar-refractivity contribution in [3.05, 3.63) is 0 Å². The summed E-state index contributed by atoms with van der Waals surface area (Å²) >= 11 is 0. The average molecular weight is 236 g/mol. The van der Waals surface area contributed by atoms with Gasteiger partial charge in [0.2, 0.25) is 5.91 Å². The molecule has 2 saturated carbocycles. The molecule has 4 nitrogen and oxygen atoms in total. The van der Waals surface area contributed by atoms with Crippen LogP contribution in [0.4, 0.5) is 0 Å². The van der Waals surface area contributed by atoms with E-state index in [1.54, 1.807) is 7.11 Å². The van der Waals surface area contributed by atoms with Crippen molar-refractivity contribution in [3.63, 3.8) is 0 Å². The van der Waals surface area contributed by atoms with Crippen LogP contribution in [0.2, 0.25) is 0 Å². The molecule has 0 unspecified atom stereocenters. The van der Waals surface area contributed by atoms with Crippen LogP contribution in [0.25, 0.3) is 0 Å². The Morgan fingerprint density at radius 2 is 2.18 bits per heavy atom. The van der Waals surface area contributed by atoms with Crippen LogP contribution < -0.4 is 0 Å². The van der Waals surface area contributed by atoms with Crippen molar-refractivity contribution in [1.29, 1.82) is 5.26 Å². The normalized spacial score (nSPS) is 31.5. The molecule has 0 aromatic carbocycles. The molecule has 94 valence electrons. The van der Waals surface area contributed by atoms with Gasteiger partial charge < -0.3 is 9.64 Å². The lowest BCUT2D eigenvalue weighted by atomic mass is 9.62. The average Bonchev–Trinajstić information content (AvgIpc) is 3.09. The lowest BCUT2D eigenvalue weighted by Crippen LogP contribution is -2.51. The Hall–Kier alpha value is -1.08. The van der Waals surface area contributed by atoms with Gasteiger partial charge in [0.1, 0.15) is 5.41 Å². The van der Waals surface area contributed by atoms with Crippen molar-refractivity contribution < 1.29 is 9.53 Å². The highest BCUT2D eigenvalue weighted by Gasteiger charge is 2.52. The first-order chi connectivity index (χ1) is 8.13. The van der Waals surface area contributed by atoms with Crippen LogP contribution in [0.1, 0.15) is 32.6 Å². The fourth-order valence-electron chi connectivity index (χ4n) is 2.74. The maximum absolute atomic E-state index is 12.5. The molecule has 0 atom stereocenters. The highest BCUT2D eigenvalue weighted by molar-refractivity contribution is 5.87. The first-order valence-electron chi connectivity index (χ1n) is 6.34. The maximum Gasteiger partial charge on any atom is 0.243 e. The molecule has 2 aliphatic rings. The lowest BCUT2D eigenvalue weighted by Gasteiger charge is -2.42. The molecular formula is C13H20N2O2. The molecule has 0 aromatic rings. The van der Waals surface area contributed by atoms with Crippen molar-refractivity contribution in [2.75, 3.05) is 20.3 Å². The molecule has 2 rings (SSSR count). The van der Waals surface area contributed by atoms with Crippen LogP contribution in [0.3, 0.4) is 0 Å². The molecular weight excluding hydrogens is 216 g/mol. The predicted octanol–water partition coefficient (Wildman–Crippen LogP) is 1.56. The van der Waals surface area contributed by atoms with Gasteiger partial charge in [-0.25, -0.2) is 0 Å². The molecule has 0 aliphatic heterocycles. The van der Waals surface area contributed by atoms with E-state index in [-0.39, 0.29) is 5.91 Å². The van der Waals surface area contributed by atoms with Gasteiger partial charge in [-0.3, -0.25) is 4.79 Å². The zero-order valence-electron chi connectivity index (χ0n) is 10.6. The van der Waals surface area contributed by atoms with E-state index in [0.29, 0.717) is 25.1 Å². The number of carbonyl (C=O) groups is 1. The van der Waals surface area contributed by atoms with E-state index in [1.807, 2.05) is 4.90 Å². The summed E-state index contributed by atoms with van der Waals surface area (Å²) in [5.74, 6) is 0.541. The Morgan fingerprint density at radius 1 is 1.53 bits per heavy atom. The smallest absolute Gasteiger partial charge is 0.243 e. The van der Waals surface area contributed by atoms with Gasteiger partial charge in [-0.15, -0.1) is 0 Å². The number of methoxy groups -OCH3 is 1. The molecule has 0 N–H and O–H groups in total. The third-order valence-electron chi connectivity index (χ3n) is 3.80. The standard InChI is InChI=1S/C13H20N2O2/c1-10-7-13(8-10,9-14)12(16)15(5-6-17-2)11-3-4-11/h10-11H,3-8H2,1-2H3. The van der Waals surface area contributed by atoms with Gasteiger partial charge in [0.05, 0.1) is 12.7 Å². The second-order valence-electron chi connectivity index (χ2n) is 5.43. The second kappa shape index (κ2) is 4.66. The summed E-state index contributed by atoms with van der Waals surface area (Å²) in [7, 11) is 1.64. The molecule has 17 heavy (non-hydrogen) atoms. The van der Waals surface area contributed by atoms with Gasteiger partial charge in [-0.1, -0.05) is 6.92 Å². The molecule has 4 heteroatoms. The van der Waals surface area contributed by atoms with Gasteiger partial charge in [0, 0.05) is 19.7 Å². The van der Waals surface area contributed by atoms with Crippen molar-refractivity contribution in [2.24, 2.45) is 11.3 Å². The van der Waals surface area contributed by atoms with Crippen LogP contribution >= 0.6 is 0 Å². The molecule has 0 bridgehead atoms. The van der Waals surface area contributed by atoms with E-state index in [2.05, 4.69) is 13.0 Å². The SMILES string of the molecule is COCCN(C(=O)C1(C#N)CC(C)C1)C1CC1. The van der Waals surface area contributed by atoms with E-state index in [0.717, 1.165) is 25.7 Å². The topological polar surface area (TPSA) is 53.3 Å². The number of hydrogen-bond donors (Lipinski definition) is 0. The minimum absolute atomic E-state index is 0.0395. The van der Waals surface area contributed by atoms with Crippen LogP contribution in [0.15, 0.2) is 0 Å². The number of hydrogen-bond acceptors (Lipinski definition) is 3. The highest BCUT2D eigenvalue weighted by Crippen LogP contribution is 2.47. The van der Waals surface area contributed by atoms with Crippen molar-refractivity contribution in [1.82, 2.24) is 4.90 Å². The fourth-order valence-corrected chi connectivity index (χ4v) is 2.74. The first kappa shape index (κ1) is 12.4. The number of rotatable bonds is 5. The first-order valence-corrected chi connectivity index (χ1v) is 6.34. The Bertz CT molecular complexity index is 338. The number of carbonyl (C=O) groups excluding carboxylic acids is 1. The zero-order chi connectivity index (χ0) is 12.5. The van der Waals surface area contributed by atoms with Crippen LogP contribution in [-0.4, -0.2) is 37.1 Å². The summed E-state index contributed by atoms with van der Waals surface area (Å²) in [6.45, 7) is 3.27. The molecule has 2 fully saturated rings. The van der Waals surface area contributed by atoms with E-state index in [9.17, 15) is 10.1 Å². The predicted molar refractivity (Wildman–Crippen MR) is 63.1 cm³/mol. The van der Waals surface area contributed by atoms with E-state index in [4.69, 9.17) is 4.74 Å². The Labute approximate surface area is 103 Å². The third kappa shape index (κ3) is 2.30. The molecule has 2 aliphatic carbocycles. The van der Waals surface area contributed by atoms with E-state index >= 15 is 0 Å². The van der Waals surface area contributed by atoms with Gasteiger partial charge in [0.25, 0.3) is 0 Å². The molecule has 0 saturated heterocycles. The Morgan fingerprint density at radius 3 is 2.59 bits per heavy atom. The van der Waals surface area contributed by atoms with Crippen molar-refractivity contribution >= 4 is 5.91 Å². The molecule has 0 spiro atoms. The quantitative estimate of drug-likeness (QED) is 0.728. The number of nitrogens with zero attached hydrogens (tertiary/aromatic N) is 2. The second-order valence-corrected chi connectivity index (χ2v) is 5.43.